The van der Waals surface area contributed by atoms with Gasteiger partial charge in [0, 0.05) is 18.2 Å². The second-order valence-electron chi connectivity index (χ2n) is 7.40. The number of rotatable bonds is 6. The molecule has 0 radical (unpaired) electrons. The smallest absolute Gasteiger partial charge is 0.0123 e. The number of hydrogen-bond acceptors (Lipinski definition) is 1. The zero-order chi connectivity index (χ0) is 24.2. The van der Waals surface area contributed by atoms with Crippen molar-refractivity contribution in [2.45, 2.75) is 130 Å². The topological polar surface area (TPSA) is 12.0 Å². The molecule has 1 heteroatoms. The van der Waals surface area contributed by atoms with Crippen molar-refractivity contribution in [3.05, 3.63) is 23.9 Å². The summed E-state index contributed by atoms with van der Waals surface area (Å²) in [6.45, 7) is 33.9. The van der Waals surface area contributed by atoms with Crippen LogP contribution in [0.4, 0.5) is 0 Å². The van der Waals surface area contributed by atoms with Crippen molar-refractivity contribution in [1.82, 2.24) is 5.32 Å². The molecule has 28 heavy (non-hydrogen) atoms. The average Bonchev–Trinajstić information content (AvgIpc) is 2.69. The minimum Gasteiger partial charge on any atom is -0.391 e. The minimum absolute atomic E-state index is 0.291. The quantitative estimate of drug-likeness (QED) is 0.436. The zero-order valence-electron chi connectivity index (χ0n) is 23.5. The molecule has 176 valence electrons. The van der Waals surface area contributed by atoms with E-state index in [-0.39, 0.29) is 0 Å². The fraction of sp³-hybridized carbons (Fsp3) is 0.852. The second kappa shape index (κ2) is 37.1. The molecule has 0 aliphatic heterocycles. The number of nitrogens with one attached hydrogen (secondary N) is 1. The van der Waals surface area contributed by atoms with Gasteiger partial charge in [-0.25, -0.2) is 0 Å². The van der Waals surface area contributed by atoms with Crippen LogP contribution >= 0.6 is 0 Å². The van der Waals surface area contributed by atoms with Crippen LogP contribution in [0.2, 0.25) is 0 Å². The highest BCUT2D eigenvalue weighted by Crippen LogP contribution is 2.28. The molecule has 0 unspecified atom stereocenters. The van der Waals surface area contributed by atoms with Gasteiger partial charge in [-0.15, -0.1) is 0 Å². The number of unbranched alkanes of at least 4 members (excludes halogenated alkanes) is 1. The van der Waals surface area contributed by atoms with Crippen LogP contribution in [0.5, 0.6) is 0 Å². The first-order valence-electron chi connectivity index (χ1n) is 12.1. The third kappa shape index (κ3) is 49.9. The Morgan fingerprint density at radius 3 is 1.36 bits per heavy atom. The van der Waals surface area contributed by atoms with Crippen molar-refractivity contribution < 1.29 is 0 Å². The van der Waals surface area contributed by atoms with Gasteiger partial charge in [-0.3, -0.25) is 0 Å². The molecule has 0 saturated heterocycles. The Labute approximate surface area is 183 Å². The van der Waals surface area contributed by atoms with Gasteiger partial charge >= 0.3 is 0 Å². The normalized spacial score (nSPS) is 10.0. The lowest BCUT2D eigenvalue weighted by atomic mass is 9.85. The summed E-state index contributed by atoms with van der Waals surface area (Å²) in [6, 6.07) is 0. The highest BCUT2D eigenvalue weighted by Gasteiger charge is 2.19. The van der Waals surface area contributed by atoms with Crippen LogP contribution in [-0.2, 0) is 0 Å². The Balaban J connectivity index is -0.0000000635. The molecule has 0 aromatic carbocycles. The van der Waals surface area contributed by atoms with E-state index in [1.54, 1.807) is 0 Å². The molecule has 0 fully saturated rings. The molecular weight excluding hydrogens is 338 g/mol. The molecule has 0 spiro atoms. The molecule has 0 rings (SSSR count). The predicted octanol–water partition coefficient (Wildman–Crippen LogP) is 10.3. The van der Waals surface area contributed by atoms with E-state index in [2.05, 4.69) is 92.8 Å². The number of hydrogen-bond donors (Lipinski definition) is 1. The Morgan fingerprint density at radius 2 is 1.21 bits per heavy atom. The highest BCUT2D eigenvalue weighted by atomic mass is 14.9. The summed E-state index contributed by atoms with van der Waals surface area (Å²) in [5, 5.41) is 3.29. The molecule has 0 heterocycles. The van der Waals surface area contributed by atoms with E-state index in [0.29, 0.717) is 11.3 Å². The van der Waals surface area contributed by atoms with Crippen LogP contribution in [0.3, 0.4) is 0 Å². The summed E-state index contributed by atoms with van der Waals surface area (Å²) in [4.78, 5) is 0. The summed E-state index contributed by atoms with van der Waals surface area (Å²) in [5.74, 6) is 1.46. The van der Waals surface area contributed by atoms with Crippen LogP contribution in [0.25, 0.3) is 0 Å². The van der Waals surface area contributed by atoms with Crippen molar-refractivity contribution >= 4 is 0 Å². The van der Waals surface area contributed by atoms with Crippen molar-refractivity contribution in [3.8, 4) is 0 Å². The first-order chi connectivity index (χ1) is 13.1. The van der Waals surface area contributed by atoms with E-state index in [1.807, 2.05) is 48.6 Å². The van der Waals surface area contributed by atoms with Crippen molar-refractivity contribution in [2.75, 3.05) is 7.05 Å². The summed E-state index contributed by atoms with van der Waals surface area (Å²) in [5.41, 5.74) is 1.65. The fourth-order valence-corrected chi connectivity index (χ4v) is 1.50. The van der Waals surface area contributed by atoms with Gasteiger partial charge in [0.15, 0.2) is 0 Å². The fourth-order valence-electron chi connectivity index (χ4n) is 1.50. The zero-order valence-corrected chi connectivity index (χ0v) is 23.5. The highest BCUT2D eigenvalue weighted by molar-refractivity contribution is 5.10. The molecule has 0 aromatic rings. The molecule has 0 bridgehead atoms. The Hall–Kier alpha value is -0.720. The van der Waals surface area contributed by atoms with E-state index in [0.717, 1.165) is 5.92 Å². The van der Waals surface area contributed by atoms with Crippen LogP contribution in [0.15, 0.2) is 23.9 Å². The second-order valence-corrected chi connectivity index (χ2v) is 7.40. The molecule has 0 saturated carbocycles. The van der Waals surface area contributed by atoms with Crippen LogP contribution in [-0.4, -0.2) is 7.05 Å². The molecule has 1 nitrogen and oxygen atoms in total. The predicted molar refractivity (Wildman–Crippen MR) is 140 cm³/mol. The maximum Gasteiger partial charge on any atom is 0.0123 e. The van der Waals surface area contributed by atoms with E-state index in [4.69, 9.17) is 0 Å². The first kappa shape index (κ1) is 41.6. The van der Waals surface area contributed by atoms with Crippen molar-refractivity contribution in [3.63, 3.8) is 0 Å². The lowest BCUT2D eigenvalue weighted by Gasteiger charge is -2.27. The molecular formula is C27H63N. The summed E-state index contributed by atoms with van der Waals surface area (Å²) < 4.78 is 0. The van der Waals surface area contributed by atoms with Gasteiger partial charge in [0.2, 0.25) is 0 Å². The molecule has 0 aliphatic carbocycles. The average molecular weight is 402 g/mol. The van der Waals surface area contributed by atoms with Crippen LogP contribution in [0.1, 0.15) is 130 Å². The summed E-state index contributed by atoms with van der Waals surface area (Å²) in [7, 11) is 2.01. The Morgan fingerprint density at radius 1 is 0.857 bits per heavy atom. The van der Waals surface area contributed by atoms with Gasteiger partial charge in [0.25, 0.3) is 0 Å². The molecule has 1 N–H and O–H groups in total. The van der Waals surface area contributed by atoms with Crippen molar-refractivity contribution in [2.24, 2.45) is 17.3 Å². The van der Waals surface area contributed by atoms with E-state index >= 15 is 0 Å². The van der Waals surface area contributed by atoms with E-state index in [1.165, 1.54) is 25.0 Å². The van der Waals surface area contributed by atoms with Gasteiger partial charge < -0.3 is 5.32 Å². The van der Waals surface area contributed by atoms with E-state index < -0.39 is 0 Å². The van der Waals surface area contributed by atoms with Gasteiger partial charge in [-0.05, 0) is 31.6 Å². The minimum atomic E-state index is 0.291. The molecule has 0 aliphatic rings. The summed E-state index contributed by atoms with van der Waals surface area (Å²) >= 11 is 0. The maximum atomic E-state index is 3.29. The SMILES string of the molecule is C/C=C\CCC.CC.CC.CC.CC(C)C.CCC(C)(C)/C(=C\C(C)C)NC. The van der Waals surface area contributed by atoms with Crippen LogP contribution in [0, 0.1) is 17.3 Å². The standard InChI is InChI=1S/C11H23N.C6H12.C4H10.3C2H6/c1-7-11(4,5)10(12-6)8-9(2)3;1-3-5-6-4-2;1-4(2)3;3*1-2/h8-9,12H,7H2,1-6H3;3,5H,4,6H2,1-2H3;4H,1-3H3;3*1-2H3/b10-8+;5-3-;;;;. The first-order valence-corrected chi connectivity index (χ1v) is 12.1. The molecule has 0 atom stereocenters. The third-order valence-corrected chi connectivity index (χ3v) is 3.07. The van der Waals surface area contributed by atoms with Gasteiger partial charge in [0.1, 0.15) is 0 Å². The van der Waals surface area contributed by atoms with Gasteiger partial charge in [-0.1, -0.05) is 129 Å². The Kier molecular flexibility index (Phi) is 55.1. The van der Waals surface area contributed by atoms with Crippen molar-refractivity contribution in [1.29, 1.82) is 0 Å². The monoisotopic (exact) mass is 401 g/mol. The van der Waals surface area contributed by atoms with E-state index in [9.17, 15) is 0 Å². The molecule has 0 amide bonds. The van der Waals surface area contributed by atoms with Crippen LogP contribution < -0.4 is 5.32 Å². The summed E-state index contributed by atoms with van der Waals surface area (Å²) in [6.07, 6.45) is 10.3. The lowest BCUT2D eigenvalue weighted by Crippen LogP contribution is -2.24. The maximum absolute atomic E-state index is 3.29. The molecule has 0 aromatic heterocycles. The third-order valence-electron chi connectivity index (χ3n) is 3.07. The van der Waals surface area contributed by atoms with Gasteiger partial charge in [-0.2, -0.15) is 0 Å². The number of allylic oxidation sites excluding steroid dienone is 4. The lowest BCUT2D eigenvalue weighted by molar-refractivity contribution is 0.402. The largest absolute Gasteiger partial charge is 0.391 e. The van der Waals surface area contributed by atoms with Gasteiger partial charge in [0.05, 0.1) is 0 Å². The Bertz CT molecular complexity index is 267.